The Bertz CT molecular complexity index is 946. The second kappa shape index (κ2) is 5.57. The van der Waals surface area contributed by atoms with E-state index in [2.05, 4.69) is 11.4 Å². The molecule has 5 heteroatoms. The van der Waals surface area contributed by atoms with Crippen molar-refractivity contribution in [2.24, 2.45) is 0 Å². The van der Waals surface area contributed by atoms with E-state index in [1.54, 1.807) is 29.0 Å². The monoisotopic (exact) mass is 321 g/mol. The van der Waals surface area contributed by atoms with Crippen LogP contribution in [0.3, 0.4) is 0 Å². The van der Waals surface area contributed by atoms with Gasteiger partial charge in [0.25, 0.3) is 5.56 Å². The third kappa shape index (κ3) is 2.28. The van der Waals surface area contributed by atoms with E-state index in [1.165, 1.54) is 6.07 Å². The summed E-state index contributed by atoms with van der Waals surface area (Å²) in [6.45, 7) is 5.77. The Morgan fingerprint density at radius 1 is 1.25 bits per heavy atom. The Hall–Kier alpha value is -3.00. The first-order valence-corrected chi connectivity index (χ1v) is 7.74. The normalized spacial score (nSPS) is 15.3. The maximum absolute atomic E-state index is 12.5. The van der Waals surface area contributed by atoms with Gasteiger partial charge in [-0.2, -0.15) is 5.26 Å². The minimum atomic E-state index is -0.632. The molecule has 0 radical (unpaired) electrons. The van der Waals surface area contributed by atoms with Gasteiger partial charge in [-0.25, -0.2) is 0 Å². The van der Waals surface area contributed by atoms with Gasteiger partial charge in [-0.1, -0.05) is 6.07 Å². The molecule has 5 nitrogen and oxygen atoms in total. The van der Waals surface area contributed by atoms with Crippen molar-refractivity contribution < 1.29 is 4.74 Å². The highest BCUT2D eigenvalue weighted by atomic mass is 16.5. The molecule has 1 aromatic heterocycles. The molecule has 0 bridgehead atoms. The summed E-state index contributed by atoms with van der Waals surface area (Å²) in [6.07, 6.45) is 1.73. The van der Waals surface area contributed by atoms with Crippen molar-refractivity contribution in [1.82, 2.24) is 9.88 Å². The molecule has 0 fully saturated rings. The Kier molecular flexibility index (Phi) is 3.69. The van der Waals surface area contributed by atoms with Crippen molar-refractivity contribution in [1.29, 1.82) is 5.26 Å². The maximum Gasteiger partial charge on any atom is 0.255 e. The van der Waals surface area contributed by atoms with Gasteiger partial charge in [0.15, 0.2) is 0 Å². The summed E-state index contributed by atoms with van der Waals surface area (Å²) < 4.78 is 7.75. The quantitative estimate of drug-likeness (QED) is 0.923. The van der Waals surface area contributed by atoms with Crippen LogP contribution in [0.15, 0.2) is 47.0 Å². The summed E-state index contributed by atoms with van der Waals surface area (Å²) in [6, 6.07) is 10.8. The molecule has 3 rings (SSSR count). The van der Waals surface area contributed by atoms with E-state index in [-0.39, 0.29) is 5.56 Å². The van der Waals surface area contributed by atoms with Gasteiger partial charge in [0.1, 0.15) is 11.4 Å². The number of hydrogen-bond acceptors (Lipinski definition) is 4. The summed E-state index contributed by atoms with van der Waals surface area (Å²) in [4.78, 5) is 12.5. The molecule has 0 unspecified atom stereocenters. The number of aromatic nitrogens is 1. The third-order valence-electron chi connectivity index (χ3n) is 4.30. The zero-order chi connectivity index (χ0) is 17.5. The number of benzene rings is 1. The van der Waals surface area contributed by atoms with Gasteiger partial charge in [-0.05, 0) is 44.5 Å². The van der Waals surface area contributed by atoms with Gasteiger partial charge < -0.3 is 10.1 Å². The highest BCUT2D eigenvalue weighted by molar-refractivity contribution is 5.79. The Balaban J connectivity index is 2.47. The van der Waals surface area contributed by atoms with E-state index >= 15 is 0 Å². The first kappa shape index (κ1) is 15.9. The van der Waals surface area contributed by atoms with Crippen molar-refractivity contribution in [3.05, 3.63) is 69.3 Å². The van der Waals surface area contributed by atoms with Gasteiger partial charge in [-0.15, -0.1) is 0 Å². The predicted octanol–water partition coefficient (Wildman–Crippen LogP) is 2.64. The van der Waals surface area contributed by atoms with Crippen molar-refractivity contribution in [3.63, 3.8) is 0 Å². The average Bonchev–Trinajstić information content (AvgIpc) is 2.54. The van der Waals surface area contributed by atoms with Crippen molar-refractivity contribution in [3.8, 4) is 11.8 Å². The van der Waals surface area contributed by atoms with E-state index in [9.17, 15) is 10.1 Å². The lowest BCUT2D eigenvalue weighted by molar-refractivity contribution is 0.136. The lowest BCUT2D eigenvalue weighted by Gasteiger charge is -2.37. The fraction of sp³-hybridized carbons (Fsp3) is 0.263. The molecule has 0 atom stereocenters. The topological polar surface area (TPSA) is 67.0 Å². The molecular weight excluding hydrogens is 302 g/mol. The minimum absolute atomic E-state index is 0.134. The number of nitrogens with one attached hydrogen (secondary N) is 1. The minimum Gasteiger partial charge on any atom is -0.481 e. The number of fused-ring (bicyclic) bond motifs is 1. The van der Waals surface area contributed by atoms with Crippen LogP contribution in [0.25, 0.3) is 5.70 Å². The molecule has 1 aliphatic heterocycles. The van der Waals surface area contributed by atoms with E-state index < -0.39 is 5.60 Å². The number of nitriles is 1. The Morgan fingerprint density at radius 3 is 2.62 bits per heavy atom. The molecule has 0 saturated carbocycles. The van der Waals surface area contributed by atoms with E-state index in [0.717, 1.165) is 22.5 Å². The highest BCUT2D eigenvalue weighted by Gasteiger charge is 2.37. The first-order chi connectivity index (χ1) is 11.4. The first-order valence-electron chi connectivity index (χ1n) is 7.74. The molecule has 24 heavy (non-hydrogen) atoms. The summed E-state index contributed by atoms with van der Waals surface area (Å²) in [7, 11) is 1.81. The maximum atomic E-state index is 12.5. The van der Waals surface area contributed by atoms with Crippen molar-refractivity contribution >= 4 is 5.70 Å². The second-order valence-electron chi connectivity index (χ2n) is 6.22. The predicted molar refractivity (Wildman–Crippen MR) is 92.7 cm³/mol. The number of pyridine rings is 1. The smallest absolute Gasteiger partial charge is 0.255 e. The number of hydrogen-bond donors (Lipinski definition) is 1. The van der Waals surface area contributed by atoms with Gasteiger partial charge in [0, 0.05) is 24.9 Å². The van der Waals surface area contributed by atoms with Gasteiger partial charge >= 0.3 is 0 Å². The highest BCUT2D eigenvalue weighted by Crippen LogP contribution is 2.42. The average molecular weight is 321 g/mol. The largest absolute Gasteiger partial charge is 0.481 e. The molecule has 0 aliphatic carbocycles. The molecule has 1 aromatic carbocycles. The van der Waals surface area contributed by atoms with Crippen LogP contribution in [-0.4, -0.2) is 17.2 Å². The lowest BCUT2D eigenvalue weighted by Crippen LogP contribution is -2.42. The number of ether oxygens (including phenoxy) is 1. The third-order valence-corrected chi connectivity index (χ3v) is 4.30. The van der Waals surface area contributed by atoms with Gasteiger partial charge in [0.05, 0.1) is 23.0 Å². The van der Waals surface area contributed by atoms with Crippen molar-refractivity contribution in [2.45, 2.75) is 26.4 Å². The fourth-order valence-electron chi connectivity index (χ4n) is 3.20. The summed E-state index contributed by atoms with van der Waals surface area (Å²) in [5, 5.41) is 12.6. The number of rotatable bonds is 2. The Morgan fingerprint density at radius 2 is 2.00 bits per heavy atom. The molecule has 122 valence electrons. The molecule has 2 heterocycles. The van der Waals surface area contributed by atoms with E-state index in [0.29, 0.717) is 11.3 Å². The van der Waals surface area contributed by atoms with Crippen LogP contribution in [0.1, 0.15) is 30.5 Å². The molecule has 1 aliphatic rings. The molecule has 0 saturated heterocycles. The number of nitrogens with zero attached hydrogens (tertiary/aromatic N) is 2. The molecule has 2 aromatic rings. The van der Waals surface area contributed by atoms with Crippen LogP contribution in [0.4, 0.5) is 0 Å². The van der Waals surface area contributed by atoms with E-state index in [1.807, 2.05) is 33.9 Å². The zero-order valence-electron chi connectivity index (χ0n) is 14.2. The standard InChI is InChI=1S/C19H19N3O2/c1-12-13(11-20)8-9-14-16(12)17(18(21-4)19(2,3)24-14)22-10-6-5-7-15(22)23/h5-10,21H,1-4H3. The summed E-state index contributed by atoms with van der Waals surface area (Å²) in [5.41, 5.74) is 2.88. The molecule has 0 amide bonds. The van der Waals surface area contributed by atoms with Crippen LogP contribution < -0.4 is 15.6 Å². The summed E-state index contributed by atoms with van der Waals surface area (Å²) >= 11 is 0. The molecular formula is C19H19N3O2. The zero-order valence-corrected chi connectivity index (χ0v) is 14.2. The Labute approximate surface area is 140 Å². The molecule has 1 N–H and O–H groups in total. The van der Waals surface area contributed by atoms with Crippen LogP contribution in [0.5, 0.6) is 5.75 Å². The lowest BCUT2D eigenvalue weighted by atomic mass is 9.90. The van der Waals surface area contributed by atoms with Crippen molar-refractivity contribution in [2.75, 3.05) is 7.05 Å². The van der Waals surface area contributed by atoms with Crippen LogP contribution >= 0.6 is 0 Å². The van der Waals surface area contributed by atoms with Crippen LogP contribution in [0, 0.1) is 18.3 Å². The molecule has 0 spiro atoms. The van der Waals surface area contributed by atoms with Gasteiger partial charge in [0.2, 0.25) is 0 Å². The number of likely N-dealkylation sites (N-methyl/N-ethyl adjacent to an activating group) is 1. The summed E-state index contributed by atoms with van der Waals surface area (Å²) in [5.74, 6) is 0.668. The van der Waals surface area contributed by atoms with E-state index in [4.69, 9.17) is 4.74 Å². The fourth-order valence-corrected chi connectivity index (χ4v) is 3.20. The SMILES string of the molecule is CNC1=C(n2ccccc2=O)c2c(ccc(C#N)c2C)OC1(C)C. The van der Waals surface area contributed by atoms with Crippen LogP contribution in [-0.2, 0) is 0 Å². The van der Waals surface area contributed by atoms with Gasteiger partial charge in [-0.3, -0.25) is 9.36 Å². The second-order valence-corrected chi connectivity index (χ2v) is 6.22. The van der Waals surface area contributed by atoms with Crippen LogP contribution in [0.2, 0.25) is 0 Å².